The first-order chi connectivity index (χ1) is 11.7. The summed E-state index contributed by atoms with van der Waals surface area (Å²) in [5.74, 6) is 0.174. The largest absolute Gasteiger partial charge is 0.347 e. The lowest BCUT2D eigenvalue weighted by Crippen LogP contribution is -2.45. The molecule has 0 N–H and O–H groups in total. The van der Waals surface area contributed by atoms with Crippen LogP contribution in [0.4, 0.5) is 0 Å². The van der Waals surface area contributed by atoms with Gasteiger partial charge in [0.25, 0.3) is 0 Å². The fraction of sp³-hybridized carbons (Fsp3) is 0.286. The van der Waals surface area contributed by atoms with E-state index in [-0.39, 0.29) is 18.1 Å². The zero-order valence-corrected chi connectivity index (χ0v) is 13.8. The highest BCUT2D eigenvalue weighted by atomic mass is 16.5. The van der Waals surface area contributed by atoms with Crippen molar-refractivity contribution in [2.45, 2.75) is 37.8 Å². The average molecular weight is 319 g/mol. The Hall–Kier alpha value is -2.23. The monoisotopic (exact) mass is 319 g/mol. The van der Waals surface area contributed by atoms with E-state index in [1.54, 1.807) is 6.08 Å². The molecule has 2 aromatic carbocycles. The van der Waals surface area contributed by atoms with E-state index in [1.807, 2.05) is 30.3 Å². The van der Waals surface area contributed by atoms with Gasteiger partial charge in [-0.3, -0.25) is 9.69 Å². The zero-order chi connectivity index (χ0) is 16.6. The van der Waals surface area contributed by atoms with Gasteiger partial charge >= 0.3 is 0 Å². The van der Waals surface area contributed by atoms with Crippen molar-refractivity contribution >= 4 is 5.78 Å². The number of nitrogens with zero attached hydrogens (tertiary/aromatic N) is 1. The van der Waals surface area contributed by atoms with Gasteiger partial charge in [-0.2, -0.15) is 0 Å². The van der Waals surface area contributed by atoms with Crippen LogP contribution in [0.2, 0.25) is 0 Å². The van der Waals surface area contributed by atoms with Gasteiger partial charge in [-0.25, -0.2) is 0 Å². The number of ketones is 1. The van der Waals surface area contributed by atoms with Crippen LogP contribution in [0.5, 0.6) is 0 Å². The number of hydrogen-bond acceptors (Lipinski definition) is 3. The van der Waals surface area contributed by atoms with Gasteiger partial charge in [0, 0.05) is 13.0 Å². The molecule has 4 rings (SSSR count). The van der Waals surface area contributed by atoms with Crippen molar-refractivity contribution in [3.05, 3.63) is 83.9 Å². The smallest absolute Gasteiger partial charge is 0.157 e. The fourth-order valence-corrected chi connectivity index (χ4v) is 3.73. The number of rotatable bonds is 3. The van der Waals surface area contributed by atoms with Crippen LogP contribution in [0.15, 0.2) is 72.8 Å². The molecule has 0 amide bonds. The van der Waals surface area contributed by atoms with E-state index in [4.69, 9.17) is 4.74 Å². The summed E-state index contributed by atoms with van der Waals surface area (Å²) in [6.07, 6.45) is 3.97. The lowest BCUT2D eigenvalue weighted by Gasteiger charge is -2.33. The Kier molecular flexibility index (Phi) is 3.83. The number of hydrogen-bond donors (Lipinski definition) is 0. The standard InChI is InChI=1S/C21H21NO2/c1-21-13-12-18(23)14-19(21)22(15-16-8-4-2-5-9-16)20(24-21)17-10-6-3-7-11-17/h2-13,19-20H,14-15H2,1H3/t19-,20+,21+/m0/s1. The van der Waals surface area contributed by atoms with E-state index >= 15 is 0 Å². The lowest BCUT2D eigenvalue weighted by molar-refractivity contribution is -0.117. The van der Waals surface area contributed by atoms with Gasteiger partial charge in [0.05, 0.1) is 6.04 Å². The summed E-state index contributed by atoms with van der Waals surface area (Å²) in [5, 5.41) is 0. The van der Waals surface area contributed by atoms with Crippen LogP contribution >= 0.6 is 0 Å². The number of carbonyl (C=O) groups is 1. The van der Waals surface area contributed by atoms with Crippen molar-refractivity contribution in [3.8, 4) is 0 Å². The fourth-order valence-electron chi connectivity index (χ4n) is 3.73. The predicted molar refractivity (Wildman–Crippen MR) is 93.2 cm³/mol. The Balaban J connectivity index is 1.72. The third-order valence-corrected chi connectivity index (χ3v) is 5.02. The predicted octanol–water partition coefficient (Wildman–Crippen LogP) is 3.87. The summed E-state index contributed by atoms with van der Waals surface area (Å²) in [5.41, 5.74) is 1.93. The molecule has 2 aliphatic rings. The molecule has 1 heterocycles. The maximum atomic E-state index is 12.0. The Morgan fingerprint density at radius 2 is 1.75 bits per heavy atom. The summed E-state index contributed by atoms with van der Waals surface area (Å²) in [6.45, 7) is 2.85. The summed E-state index contributed by atoms with van der Waals surface area (Å²) in [7, 11) is 0. The van der Waals surface area contributed by atoms with Gasteiger partial charge in [0.2, 0.25) is 0 Å². The molecule has 24 heavy (non-hydrogen) atoms. The average Bonchev–Trinajstić information content (AvgIpc) is 2.90. The van der Waals surface area contributed by atoms with Gasteiger partial charge in [0.15, 0.2) is 5.78 Å². The number of fused-ring (bicyclic) bond motifs is 1. The van der Waals surface area contributed by atoms with Crippen LogP contribution in [0.25, 0.3) is 0 Å². The van der Waals surface area contributed by atoms with E-state index in [0.717, 1.165) is 12.1 Å². The molecule has 0 saturated carbocycles. The number of carbonyl (C=O) groups excluding carboxylic acids is 1. The highest BCUT2D eigenvalue weighted by Crippen LogP contribution is 2.45. The first-order valence-electron chi connectivity index (χ1n) is 8.40. The third kappa shape index (κ3) is 2.70. The molecule has 0 radical (unpaired) electrons. The lowest BCUT2D eigenvalue weighted by atomic mass is 9.86. The molecule has 3 heteroatoms. The van der Waals surface area contributed by atoms with E-state index in [2.05, 4.69) is 48.2 Å². The Bertz CT molecular complexity index is 756. The summed E-state index contributed by atoms with van der Waals surface area (Å²) in [4.78, 5) is 14.3. The minimum atomic E-state index is -0.427. The van der Waals surface area contributed by atoms with Gasteiger partial charge < -0.3 is 4.74 Å². The number of allylic oxidation sites excluding steroid dienone is 1. The van der Waals surface area contributed by atoms with Crippen molar-refractivity contribution in [2.75, 3.05) is 0 Å². The Morgan fingerprint density at radius 3 is 2.46 bits per heavy atom. The highest BCUT2D eigenvalue weighted by Gasteiger charge is 2.51. The zero-order valence-electron chi connectivity index (χ0n) is 13.8. The second-order valence-electron chi connectivity index (χ2n) is 6.74. The first-order valence-corrected chi connectivity index (χ1v) is 8.40. The van der Waals surface area contributed by atoms with Gasteiger partial charge in [-0.05, 0) is 30.2 Å². The summed E-state index contributed by atoms with van der Waals surface area (Å²) >= 11 is 0. The second kappa shape index (κ2) is 6.00. The van der Waals surface area contributed by atoms with Crippen LogP contribution < -0.4 is 0 Å². The second-order valence-corrected chi connectivity index (χ2v) is 6.74. The van der Waals surface area contributed by atoms with Crippen LogP contribution in [-0.2, 0) is 16.1 Å². The normalized spacial score (nSPS) is 29.6. The van der Waals surface area contributed by atoms with E-state index < -0.39 is 5.60 Å². The van der Waals surface area contributed by atoms with E-state index in [9.17, 15) is 4.79 Å². The molecule has 0 spiro atoms. The van der Waals surface area contributed by atoms with Crippen LogP contribution in [0.3, 0.4) is 0 Å². The maximum Gasteiger partial charge on any atom is 0.157 e. The van der Waals surface area contributed by atoms with E-state index in [0.29, 0.717) is 6.42 Å². The van der Waals surface area contributed by atoms with E-state index in [1.165, 1.54) is 5.56 Å². The maximum absolute atomic E-state index is 12.0. The number of benzene rings is 2. The van der Waals surface area contributed by atoms with Gasteiger partial charge in [-0.15, -0.1) is 0 Å². The van der Waals surface area contributed by atoms with Crippen molar-refractivity contribution in [1.82, 2.24) is 4.90 Å². The molecule has 122 valence electrons. The molecular formula is C21H21NO2. The molecule has 3 nitrogen and oxygen atoms in total. The molecule has 2 aromatic rings. The number of ether oxygens (including phenoxy) is 1. The minimum Gasteiger partial charge on any atom is -0.347 e. The Morgan fingerprint density at radius 1 is 1.08 bits per heavy atom. The van der Waals surface area contributed by atoms with Crippen LogP contribution in [0, 0.1) is 0 Å². The van der Waals surface area contributed by atoms with Crippen molar-refractivity contribution < 1.29 is 9.53 Å². The first kappa shape index (κ1) is 15.3. The van der Waals surface area contributed by atoms with Crippen molar-refractivity contribution in [1.29, 1.82) is 0 Å². The van der Waals surface area contributed by atoms with Gasteiger partial charge in [0.1, 0.15) is 11.8 Å². The summed E-state index contributed by atoms with van der Waals surface area (Å²) < 4.78 is 6.46. The Labute approximate surface area is 142 Å². The minimum absolute atomic E-state index is 0.0559. The molecule has 0 aromatic heterocycles. The molecule has 1 aliphatic heterocycles. The molecule has 1 aliphatic carbocycles. The topological polar surface area (TPSA) is 29.5 Å². The van der Waals surface area contributed by atoms with Gasteiger partial charge in [-0.1, -0.05) is 60.7 Å². The third-order valence-electron chi connectivity index (χ3n) is 5.02. The van der Waals surface area contributed by atoms with Crippen LogP contribution in [-0.4, -0.2) is 22.3 Å². The SMILES string of the molecule is C[C@@]12C=CC(=O)C[C@@H]1N(Cc1ccccc1)[C@@H](c1ccccc1)O2. The highest BCUT2D eigenvalue weighted by molar-refractivity contribution is 5.91. The van der Waals surface area contributed by atoms with Crippen molar-refractivity contribution in [3.63, 3.8) is 0 Å². The molecular weight excluding hydrogens is 298 g/mol. The molecule has 3 atom stereocenters. The molecule has 0 unspecified atom stereocenters. The summed E-state index contributed by atoms with van der Waals surface area (Å²) in [6, 6.07) is 20.7. The quantitative estimate of drug-likeness (QED) is 0.860. The molecule has 1 saturated heterocycles. The van der Waals surface area contributed by atoms with Crippen LogP contribution in [0.1, 0.15) is 30.7 Å². The van der Waals surface area contributed by atoms with Crippen molar-refractivity contribution in [2.24, 2.45) is 0 Å². The molecule has 0 bridgehead atoms. The molecule has 1 fully saturated rings.